The number of nitrogens with one attached hydrogen (secondary N) is 2. The molecule has 8 heteroatoms. The first-order valence-electron chi connectivity index (χ1n) is 16.6. The Morgan fingerprint density at radius 3 is 1.42 bits per heavy atom. The van der Waals surface area contributed by atoms with Crippen LogP contribution in [0.1, 0.15) is 149 Å². The van der Waals surface area contributed by atoms with E-state index in [9.17, 15) is 20.1 Å². The maximum atomic E-state index is 11.1. The van der Waals surface area contributed by atoms with Crippen LogP contribution in [0.3, 0.4) is 0 Å². The van der Waals surface area contributed by atoms with Gasteiger partial charge in [0.1, 0.15) is 0 Å². The van der Waals surface area contributed by atoms with Gasteiger partial charge < -0.3 is 30.7 Å². The number of anilines is 2. The summed E-state index contributed by atoms with van der Waals surface area (Å²) < 4.78 is 0. The Kier molecular flexibility index (Phi) is 15.0. The summed E-state index contributed by atoms with van der Waals surface area (Å²) in [6.07, 6.45) is 0. The summed E-state index contributed by atoms with van der Waals surface area (Å²) in [6, 6.07) is 25.1. The molecular weight excluding hydrogens is 645 g/mol. The molecule has 3 aromatic carbocycles. The maximum Gasteiger partial charge on any atom is 1.00 e. The molecule has 0 amide bonds. The second-order valence-electron chi connectivity index (χ2n) is 13.4. The number of carboxylic acid groups (broad SMARTS) is 1. The molecule has 0 fully saturated rings. The van der Waals surface area contributed by atoms with Crippen LogP contribution in [0, 0.1) is 0 Å². The molecule has 2 atom stereocenters. The number of phenols is 2. The Morgan fingerprint density at radius 1 is 0.625 bits per heavy atom. The number of para-hydroxylation sites is 2. The Morgan fingerprint density at radius 2 is 1.04 bits per heavy atom. The number of carbonyl (C=O) groups excluding carboxylic acids is 1. The molecule has 7 nitrogen and oxygen atoms in total. The van der Waals surface area contributed by atoms with Crippen LogP contribution in [0.5, 0.6) is 11.5 Å². The number of rotatable bonds is 11. The number of carboxylic acids is 1. The average molecular weight is 698 g/mol. The normalized spacial score (nSPS) is 12.3. The molecule has 0 radical (unpaired) electrons. The van der Waals surface area contributed by atoms with Crippen molar-refractivity contribution < 1.29 is 36.9 Å². The molecule has 0 aliphatic rings. The second-order valence-corrected chi connectivity index (χ2v) is 13.4. The van der Waals surface area contributed by atoms with Gasteiger partial charge in [-0.2, -0.15) is 0 Å². The fourth-order valence-corrected chi connectivity index (χ4v) is 5.83. The molecule has 1 heterocycles. The number of pyridine rings is 1. The van der Waals surface area contributed by atoms with Crippen molar-refractivity contribution in [3.8, 4) is 11.5 Å². The van der Waals surface area contributed by atoms with E-state index in [2.05, 4.69) is 119 Å². The van der Waals surface area contributed by atoms with Crippen LogP contribution < -0.4 is 15.7 Å². The third-order valence-electron chi connectivity index (χ3n) is 8.34. The Hall–Kier alpha value is -4.01. The van der Waals surface area contributed by atoms with Gasteiger partial charge in [-0.05, 0) is 90.1 Å². The topological polar surface area (TPSA) is 118 Å². The van der Waals surface area contributed by atoms with Crippen molar-refractivity contribution in [3.63, 3.8) is 0 Å². The van der Waals surface area contributed by atoms with E-state index in [-0.39, 0.29) is 46.3 Å². The van der Waals surface area contributed by atoms with Crippen LogP contribution in [0.15, 0.2) is 72.8 Å². The Labute approximate surface area is 297 Å². The molecule has 48 heavy (non-hydrogen) atoms. The summed E-state index contributed by atoms with van der Waals surface area (Å²) in [5.41, 5.74) is 8.08. The summed E-state index contributed by atoms with van der Waals surface area (Å²) in [7, 11) is 0. The summed E-state index contributed by atoms with van der Waals surface area (Å²) in [6.45, 7) is 20.7. The molecule has 2 unspecified atom stereocenters. The van der Waals surface area contributed by atoms with E-state index in [0.717, 1.165) is 17.0 Å². The molecule has 0 bridgehead atoms. The monoisotopic (exact) mass is 697 g/mol. The van der Waals surface area contributed by atoms with Gasteiger partial charge in [0.2, 0.25) is 0 Å². The smallest absolute Gasteiger partial charge is 0.545 e. The van der Waals surface area contributed by atoms with Gasteiger partial charge in [0.25, 0.3) is 0 Å². The fraction of sp³-hybridized carbons (Fsp3) is 0.400. The van der Waals surface area contributed by atoms with Gasteiger partial charge in [0.15, 0.2) is 11.5 Å². The number of carbonyl (C=O) groups is 1. The van der Waals surface area contributed by atoms with E-state index in [1.165, 1.54) is 28.6 Å². The molecule has 0 spiro atoms. The minimum absolute atomic E-state index is 0. The van der Waals surface area contributed by atoms with E-state index in [0.29, 0.717) is 17.4 Å². The molecule has 0 saturated carbocycles. The van der Waals surface area contributed by atoms with Crippen molar-refractivity contribution in [1.82, 2.24) is 4.98 Å². The van der Waals surface area contributed by atoms with Crippen molar-refractivity contribution in [2.24, 2.45) is 0 Å². The number of aromatic hydroxyl groups is 2. The number of aromatic carboxylic acids is 1. The van der Waals surface area contributed by atoms with Crippen molar-refractivity contribution in [2.45, 2.75) is 105 Å². The number of benzene rings is 3. The van der Waals surface area contributed by atoms with Gasteiger partial charge in [-0.15, -0.1) is 0 Å². The minimum Gasteiger partial charge on any atom is -0.545 e. The van der Waals surface area contributed by atoms with Gasteiger partial charge >= 0.3 is 16.8 Å². The first kappa shape index (κ1) is 40.2. The molecule has 4 aromatic rings. The van der Waals surface area contributed by atoms with E-state index in [1.54, 1.807) is 0 Å². The van der Waals surface area contributed by atoms with E-state index in [4.69, 9.17) is 4.98 Å². The summed E-state index contributed by atoms with van der Waals surface area (Å²) in [5.74, 6) is -1.57. The molecular formula is C40H52CoN3O4. The zero-order valence-electron chi connectivity index (χ0n) is 29.9. The van der Waals surface area contributed by atoms with Crippen molar-refractivity contribution >= 4 is 17.3 Å². The maximum absolute atomic E-state index is 11.1. The number of aromatic nitrogens is 1. The third-order valence-corrected chi connectivity index (χ3v) is 8.34. The molecule has 0 aliphatic heterocycles. The summed E-state index contributed by atoms with van der Waals surface area (Å²) >= 11 is 0. The first-order chi connectivity index (χ1) is 22.1. The quantitative estimate of drug-likeness (QED) is 0.115. The Bertz CT molecular complexity index is 1580. The van der Waals surface area contributed by atoms with Crippen LogP contribution in [-0.4, -0.2) is 21.2 Å². The molecule has 0 saturated heterocycles. The third kappa shape index (κ3) is 10.00. The zero-order chi connectivity index (χ0) is 35.0. The van der Waals surface area contributed by atoms with E-state index in [1.807, 2.05) is 27.7 Å². The van der Waals surface area contributed by atoms with Crippen LogP contribution in [0.2, 0.25) is 0 Å². The largest absolute Gasteiger partial charge is 1.00 e. The van der Waals surface area contributed by atoms with Gasteiger partial charge in [-0.25, -0.2) is 0 Å². The number of phenolic OH excluding ortho intramolecular Hbond substituents is 1. The van der Waals surface area contributed by atoms with Crippen molar-refractivity contribution in [1.29, 1.82) is 0 Å². The standard InChI is InChI=1S/C27H35N3.C13H18O4.Co/c1-18(2)22-12-7-9-14-26(22)28-20(5)24-16-11-17-25(30-24)21(6)29-27-15-10-8-13-23(27)19(3)4;1-6(2)8-5-9(14)12(15)11(13(16)17)10(8)7(3)4;/h7-21,28-29H,1-6H3;5-7,14-15H,1-4H3,(H,16,17);/q;;+1/p-1. The minimum atomic E-state index is -1.47. The predicted molar refractivity (Wildman–Crippen MR) is 192 cm³/mol. The zero-order valence-corrected chi connectivity index (χ0v) is 30.9. The fourth-order valence-electron chi connectivity index (χ4n) is 5.83. The Balaban J connectivity index is 0.000000380. The van der Waals surface area contributed by atoms with Gasteiger partial charge in [-0.3, -0.25) is 4.98 Å². The van der Waals surface area contributed by atoms with Crippen molar-refractivity contribution in [3.05, 3.63) is 112 Å². The van der Waals surface area contributed by atoms with Crippen LogP contribution in [-0.2, 0) is 16.8 Å². The van der Waals surface area contributed by atoms with Gasteiger partial charge in [0, 0.05) is 16.9 Å². The van der Waals surface area contributed by atoms with Crippen LogP contribution >= 0.6 is 0 Å². The summed E-state index contributed by atoms with van der Waals surface area (Å²) in [4.78, 5) is 16.1. The first-order valence-corrected chi connectivity index (χ1v) is 16.6. The molecule has 1 aromatic heterocycles. The van der Waals surface area contributed by atoms with Gasteiger partial charge in [0.05, 0.1) is 29.4 Å². The van der Waals surface area contributed by atoms with Gasteiger partial charge in [-0.1, -0.05) is 97.9 Å². The number of hydrogen-bond acceptors (Lipinski definition) is 7. The summed E-state index contributed by atoms with van der Waals surface area (Å²) in [5, 5.41) is 37.6. The second kappa shape index (κ2) is 17.9. The molecule has 4 N–H and O–H groups in total. The molecule has 0 aliphatic carbocycles. The van der Waals surface area contributed by atoms with E-state index >= 15 is 0 Å². The number of hydrogen-bond donors (Lipinski definition) is 4. The van der Waals surface area contributed by atoms with Crippen LogP contribution in [0.25, 0.3) is 0 Å². The SMILES string of the molecule is CC(C)c1cc(O)c(O)c(C(=O)[O-])c1C(C)C.CC(C)c1ccccc1NC(C)c1cccc(C(C)Nc2ccccc2C(C)C)n1.[Co+]. The predicted octanol–water partition coefficient (Wildman–Crippen LogP) is 9.38. The molecule has 260 valence electrons. The average Bonchev–Trinajstić information content (AvgIpc) is 3.02. The van der Waals surface area contributed by atoms with Crippen molar-refractivity contribution in [2.75, 3.05) is 10.6 Å². The van der Waals surface area contributed by atoms with Crippen LogP contribution in [0.4, 0.5) is 11.4 Å². The number of nitrogens with zero attached hydrogens (tertiary/aromatic N) is 1. The molecule has 4 rings (SSSR count). The van der Waals surface area contributed by atoms with E-state index < -0.39 is 17.5 Å².